The summed E-state index contributed by atoms with van der Waals surface area (Å²) in [5, 5.41) is 11.5. The molecule has 6 nitrogen and oxygen atoms in total. The third-order valence-electron chi connectivity index (χ3n) is 3.10. The molecule has 1 fully saturated rings. The second kappa shape index (κ2) is 5.03. The number of aromatic nitrogens is 1. The van der Waals surface area contributed by atoms with Gasteiger partial charge in [-0.2, -0.15) is 0 Å². The van der Waals surface area contributed by atoms with Crippen molar-refractivity contribution in [3.63, 3.8) is 0 Å². The predicted molar refractivity (Wildman–Crippen MR) is 65.6 cm³/mol. The summed E-state index contributed by atoms with van der Waals surface area (Å²) in [7, 11) is 1.61. The van der Waals surface area contributed by atoms with Gasteiger partial charge in [0.2, 0.25) is 5.91 Å². The number of anilines is 1. The van der Waals surface area contributed by atoms with Crippen LogP contribution in [0, 0.1) is 0 Å². The summed E-state index contributed by atoms with van der Waals surface area (Å²) in [5.41, 5.74) is 0.726. The molecule has 0 aromatic carbocycles. The quantitative estimate of drug-likeness (QED) is 0.815. The fraction of sp³-hybridized carbons (Fsp3) is 0.417. The molecule has 6 heteroatoms. The topological polar surface area (TPSA) is 82.5 Å². The van der Waals surface area contributed by atoms with Gasteiger partial charge < -0.3 is 15.3 Å². The standard InChI is InChI=1S/C12H15N3O3/c1-13-11(16)10-3-2-6-15(10)8-4-5-14-9(7-8)12(17)18/h4-5,7,10H,2-3,6H2,1H3,(H,13,16)(H,17,18). The fourth-order valence-electron chi connectivity index (χ4n) is 2.23. The van der Waals surface area contributed by atoms with E-state index in [0.717, 1.165) is 25.1 Å². The van der Waals surface area contributed by atoms with Gasteiger partial charge in [0.25, 0.3) is 0 Å². The van der Waals surface area contributed by atoms with Gasteiger partial charge in [-0.3, -0.25) is 4.79 Å². The van der Waals surface area contributed by atoms with E-state index < -0.39 is 5.97 Å². The Kier molecular flexibility index (Phi) is 3.45. The third kappa shape index (κ3) is 2.27. The molecule has 0 aliphatic carbocycles. The van der Waals surface area contributed by atoms with Crippen LogP contribution in [0.3, 0.4) is 0 Å². The summed E-state index contributed by atoms with van der Waals surface area (Å²) < 4.78 is 0. The molecule has 96 valence electrons. The number of rotatable bonds is 3. The third-order valence-corrected chi connectivity index (χ3v) is 3.10. The van der Waals surface area contributed by atoms with Crippen LogP contribution in [0.4, 0.5) is 5.69 Å². The van der Waals surface area contributed by atoms with Crippen molar-refractivity contribution in [1.82, 2.24) is 10.3 Å². The molecule has 1 aromatic heterocycles. The van der Waals surface area contributed by atoms with E-state index in [1.807, 2.05) is 4.90 Å². The molecular formula is C12H15N3O3. The molecule has 18 heavy (non-hydrogen) atoms. The van der Waals surface area contributed by atoms with Gasteiger partial charge in [0.05, 0.1) is 0 Å². The highest BCUT2D eigenvalue weighted by atomic mass is 16.4. The average molecular weight is 249 g/mol. The van der Waals surface area contributed by atoms with Crippen molar-refractivity contribution in [3.05, 3.63) is 24.0 Å². The van der Waals surface area contributed by atoms with Crippen molar-refractivity contribution in [2.24, 2.45) is 0 Å². The van der Waals surface area contributed by atoms with Gasteiger partial charge in [0.1, 0.15) is 11.7 Å². The SMILES string of the molecule is CNC(=O)C1CCCN1c1ccnc(C(=O)O)c1. The van der Waals surface area contributed by atoms with Crippen molar-refractivity contribution in [1.29, 1.82) is 0 Å². The number of aromatic carboxylic acids is 1. The van der Waals surface area contributed by atoms with Crippen LogP contribution in [-0.2, 0) is 4.79 Å². The van der Waals surface area contributed by atoms with Crippen LogP contribution in [0.25, 0.3) is 0 Å². The Labute approximate surface area is 105 Å². The number of hydrogen-bond acceptors (Lipinski definition) is 4. The molecule has 2 N–H and O–H groups in total. The van der Waals surface area contributed by atoms with E-state index in [2.05, 4.69) is 10.3 Å². The van der Waals surface area contributed by atoms with Crippen molar-refractivity contribution in [2.75, 3.05) is 18.5 Å². The molecule has 0 radical (unpaired) electrons. The van der Waals surface area contributed by atoms with Crippen LogP contribution in [-0.4, -0.2) is 41.6 Å². The molecule has 0 spiro atoms. The highest BCUT2D eigenvalue weighted by molar-refractivity contribution is 5.88. The van der Waals surface area contributed by atoms with Gasteiger partial charge in [-0.1, -0.05) is 0 Å². The first kappa shape index (κ1) is 12.3. The number of pyridine rings is 1. The molecule has 1 aliphatic heterocycles. The molecule has 1 aliphatic rings. The summed E-state index contributed by atoms with van der Waals surface area (Å²) in [6, 6.07) is 3.01. The molecule has 1 amide bonds. The van der Waals surface area contributed by atoms with Gasteiger partial charge in [-0.05, 0) is 25.0 Å². The Morgan fingerprint density at radius 1 is 1.56 bits per heavy atom. The van der Waals surface area contributed by atoms with E-state index in [9.17, 15) is 9.59 Å². The van der Waals surface area contributed by atoms with E-state index in [1.165, 1.54) is 12.3 Å². The number of hydrogen-bond donors (Lipinski definition) is 2. The number of carboxylic acids is 1. The number of carboxylic acid groups (broad SMARTS) is 1. The highest BCUT2D eigenvalue weighted by Crippen LogP contribution is 2.25. The molecule has 0 bridgehead atoms. The first-order valence-corrected chi connectivity index (χ1v) is 5.81. The summed E-state index contributed by atoms with van der Waals surface area (Å²) in [6.45, 7) is 0.751. The Morgan fingerprint density at radius 3 is 3.00 bits per heavy atom. The number of carbonyl (C=O) groups excluding carboxylic acids is 1. The van der Waals surface area contributed by atoms with Gasteiger partial charge in [0.15, 0.2) is 0 Å². The van der Waals surface area contributed by atoms with E-state index in [0.29, 0.717) is 0 Å². The van der Waals surface area contributed by atoms with E-state index in [-0.39, 0.29) is 17.6 Å². The van der Waals surface area contributed by atoms with E-state index in [1.54, 1.807) is 13.1 Å². The minimum Gasteiger partial charge on any atom is -0.477 e. The lowest BCUT2D eigenvalue weighted by Gasteiger charge is -2.25. The zero-order valence-electron chi connectivity index (χ0n) is 10.1. The smallest absolute Gasteiger partial charge is 0.354 e. The van der Waals surface area contributed by atoms with Crippen LogP contribution in [0.5, 0.6) is 0 Å². The lowest BCUT2D eigenvalue weighted by Crippen LogP contribution is -2.42. The number of nitrogens with zero attached hydrogens (tertiary/aromatic N) is 2. The van der Waals surface area contributed by atoms with Crippen molar-refractivity contribution < 1.29 is 14.7 Å². The Hall–Kier alpha value is -2.11. The van der Waals surface area contributed by atoms with Gasteiger partial charge >= 0.3 is 5.97 Å². The van der Waals surface area contributed by atoms with Crippen molar-refractivity contribution >= 4 is 17.6 Å². The highest BCUT2D eigenvalue weighted by Gasteiger charge is 2.30. The van der Waals surface area contributed by atoms with Gasteiger partial charge in [-0.15, -0.1) is 0 Å². The Bertz CT molecular complexity index is 475. The van der Waals surface area contributed by atoms with Gasteiger partial charge in [-0.25, -0.2) is 9.78 Å². The summed E-state index contributed by atoms with van der Waals surface area (Å²) in [5.74, 6) is -1.10. The first-order chi connectivity index (χ1) is 8.63. The van der Waals surface area contributed by atoms with Crippen LogP contribution < -0.4 is 10.2 Å². The first-order valence-electron chi connectivity index (χ1n) is 5.81. The maximum Gasteiger partial charge on any atom is 0.354 e. The Morgan fingerprint density at radius 2 is 2.33 bits per heavy atom. The molecule has 0 saturated carbocycles. The van der Waals surface area contributed by atoms with Gasteiger partial charge in [0, 0.05) is 25.5 Å². The fourth-order valence-corrected chi connectivity index (χ4v) is 2.23. The lowest BCUT2D eigenvalue weighted by molar-refractivity contribution is -0.121. The van der Waals surface area contributed by atoms with E-state index >= 15 is 0 Å². The summed E-state index contributed by atoms with van der Waals surface area (Å²) in [6.07, 6.45) is 3.16. The van der Waals surface area contributed by atoms with Crippen LogP contribution in [0.15, 0.2) is 18.3 Å². The minimum atomic E-state index is -1.06. The normalized spacial score (nSPS) is 18.7. The predicted octanol–water partition coefficient (Wildman–Crippen LogP) is 0.495. The monoisotopic (exact) mass is 249 g/mol. The van der Waals surface area contributed by atoms with Crippen LogP contribution >= 0.6 is 0 Å². The summed E-state index contributed by atoms with van der Waals surface area (Å²) >= 11 is 0. The van der Waals surface area contributed by atoms with Crippen molar-refractivity contribution in [2.45, 2.75) is 18.9 Å². The molecule has 2 rings (SSSR count). The molecule has 1 unspecified atom stereocenters. The maximum atomic E-state index is 11.7. The van der Waals surface area contributed by atoms with Crippen LogP contribution in [0.2, 0.25) is 0 Å². The molecule has 1 saturated heterocycles. The Balaban J connectivity index is 2.27. The van der Waals surface area contributed by atoms with Crippen LogP contribution in [0.1, 0.15) is 23.3 Å². The largest absolute Gasteiger partial charge is 0.477 e. The zero-order chi connectivity index (χ0) is 13.1. The van der Waals surface area contributed by atoms with Crippen molar-refractivity contribution in [3.8, 4) is 0 Å². The second-order valence-corrected chi connectivity index (χ2v) is 4.17. The number of likely N-dealkylation sites (N-methyl/N-ethyl adjacent to an activating group) is 1. The lowest BCUT2D eigenvalue weighted by atomic mass is 10.2. The summed E-state index contributed by atoms with van der Waals surface area (Å²) in [4.78, 5) is 28.3. The van der Waals surface area contributed by atoms with E-state index in [4.69, 9.17) is 5.11 Å². The molecular weight excluding hydrogens is 234 g/mol. The average Bonchev–Trinajstić information content (AvgIpc) is 2.87. The maximum absolute atomic E-state index is 11.7. The molecule has 1 aromatic rings. The zero-order valence-corrected chi connectivity index (χ0v) is 10.1. The second-order valence-electron chi connectivity index (χ2n) is 4.17. The number of carbonyl (C=O) groups is 2. The molecule has 2 heterocycles. The minimum absolute atomic E-state index is 0.00458. The number of amides is 1. The number of nitrogens with one attached hydrogen (secondary N) is 1. The molecule has 1 atom stereocenters.